The van der Waals surface area contributed by atoms with Crippen molar-refractivity contribution in [3.8, 4) is 0 Å². The van der Waals surface area contributed by atoms with Crippen LogP contribution in [-0.4, -0.2) is 20.1 Å². The minimum atomic E-state index is -3.68. The van der Waals surface area contributed by atoms with Crippen LogP contribution < -0.4 is 4.31 Å². The summed E-state index contributed by atoms with van der Waals surface area (Å²) in [5, 5.41) is 0. The maximum atomic E-state index is 12.5. The van der Waals surface area contributed by atoms with E-state index in [2.05, 4.69) is 0 Å². The molecular formula is C15H15NO3S. The van der Waals surface area contributed by atoms with Gasteiger partial charge in [-0.3, -0.25) is 4.79 Å². The molecule has 1 amide bonds. The van der Waals surface area contributed by atoms with Crippen LogP contribution in [0.2, 0.25) is 0 Å². The summed E-state index contributed by atoms with van der Waals surface area (Å²) in [5.74, 6) is -0.681. The largest absolute Gasteiger partial charge is 0.272 e. The van der Waals surface area contributed by atoms with E-state index >= 15 is 0 Å². The van der Waals surface area contributed by atoms with Crippen molar-refractivity contribution < 1.29 is 13.2 Å². The van der Waals surface area contributed by atoms with E-state index in [1.54, 1.807) is 60.7 Å². The van der Waals surface area contributed by atoms with E-state index in [0.717, 1.165) is 4.31 Å². The quantitative estimate of drug-likeness (QED) is 0.869. The highest BCUT2D eigenvalue weighted by Gasteiger charge is 2.28. The second-order valence-electron chi connectivity index (χ2n) is 4.17. The van der Waals surface area contributed by atoms with E-state index in [1.165, 1.54) is 6.92 Å². The lowest BCUT2D eigenvalue weighted by Gasteiger charge is -2.21. The molecule has 2 aromatic carbocycles. The van der Waals surface area contributed by atoms with E-state index in [-0.39, 0.29) is 5.75 Å². The van der Waals surface area contributed by atoms with Gasteiger partial charge in [0, 0.05) is 5.56 Å². The smallest absolute Gasteiger partial charge is 0.268 e. The number of hydrogen-bond acceptors (Lipinski definition) is 3. The monoisotopic (exact) mass is 289 g/mol. The standard InChI is InChI=1S/C15H15NO3S/c1-2-20(18,19)16(14-11-7-4-8-12-14)15(17)13-9-5-3-6-10-13/h3-12H,2H2,1H3. The van der Waals surface area contributed by atoms with Crippen LogP contribution in [0.15, 0.2) is 60.7 Å². The van der Waals surface area contributed by atoms with Gasteiger partial charge in [-0.1, -0.05) is 36.4 Å². The van der Waals surface area contributed by atoms with Crippen LogP contribution in [0.5, 0.6) is 0 Å². The first-order chi connectivity index (χ1) is 9.56. The van der Waals surface area contributed by atoms with Gasteiger partial charge < -0.3 is 0 Å². The first-order valence-electron chi connectivity index (χ1n) is 6.23. The Morgan fingerprint density at radius 2 is 1.45 bits per heavy atom. The highest BCUT2D eigenvalue weighted by Crippen LogP contribution is 2.21. The second kappa shape index (κ2) is 5.88. The van der Waals surface area contributed by atoms with E-state index in [1.807, 2.05) is 0 Å². The average molecular weight is 289 g/mol. The zero-order valence-electron chi connectivity index (χ0n) is 11.1. The molecule has 0 aliphatic heterocycles. The van der Waals surface area contributed by atoms with Crippen LogP contribution in [0.1, 0.15) is 17.3 Å². The predicted octanol–water partition coefficient (Wildman–Crippen LogP) is 2.68. The molecule has 0 fully saturated rings. The van der Waals surface area contributed by atoms with Crippen molar-refractivity contribution in [3.05, 3.63) is 66.2 Å². The van der Waals surface area contributed by atoms with Crippen molar-refractivity contribution in [3.63, 3.8) is 0 Å². The van der Waals surface area contributed by atoms with Crippen LogP contribution in [-0.2, 0) is 10.0 Å². The van der Waals surface area contributed by atoms with E-state index in [9.17, 15) is 13.2 Å². The van der Waals surface area contributed by atoms with Crippen LogP contribution in [0.25, 0.3) is 0 Å². The molecule has 0 atom stereocenters. The first-order valence-corrected chi connectivity index (χ1v) is 7.84. The van der Waals surface area contributed by atoms with Crippen molar-refractivity contribution in [2.45, 2.75) is 6.92 Å². The lowest BCUT2D eigenvalue weighted by atomic mass is 10.2. The molecule has 2 aromatic rings. The molecule has 0 heterocycles. The zero-order valence-corrected chi connectivity index (χ0v) is 11.9. The lowest BCUT2D eigenvalue weighted by molar-refractivity contribution is 0.101. The summed E-state index contributed by atoms with van der Waals surface area (Å²) in [7, 11) is -3.68. The average Bonchev–Trinajstić information content (AvgIpc) is 2.49. The fourth-order valence-electron chi connectivity index (χ4n) is 1.79. The van der Waals surface area contributed by atoms with Crippen molar-refractivity contribution in [1.29, 1.82) is 0 Å². The van der Waals surface area contributed by atoms with Gasteiger partial charge in [0.1, 0.15) is 0 Å². The number of amides is 1. The van der Waals surface area contributed by atoms with Gasteiger partial charge >= 0.3 is 0 Å². The maximum Gasteiger partial charge on any atom is 0.272 e. The Morgan fingerprint density at radius 1 is 0.950 bits per heavy atom. The molecule has 0 aliphatic rings. The predicted molar refractivity (Wildman–Crippen MR) is 79.2 cm³/mol. The first kappa shape index (κ1) is 14.3. The van der Waals surface area contributed by atoms with Gasteiger partial charge in [0.15, 0.2) is 0 Å². The Balaban J connectivity index is 2.52. The molecule has 0 radical (unpaired) electrons. The molecule has 0 unspecified atom stereocenters. The van der Waals surface area contributed by atoms with Gasteiger partial charge in [-0.25, -0.2) is 12.7 Å². The third-order valence-corrected chi connectivity index (χ3v) is 4.50. The van der Waals surface area contributed by atoms with Gasteiger partial charge in [0.25, 0.3) is 5.91 Å². The summed E-state index contributed by atoms with van der Waals surface area (Å²) in [4.78, 5) is 12.5. The van der Waals surface area contributed by atoms with Crippen LogP contribution in [0.3, 0.4) is 0 Å². The van der Waals surface area contributed by atoms with E-state index in [4.69, 9.17) is 0 Å². The molecule has 0 spiro atoms. The molecule has 0 bridgehead atoms. The van der Waals surface area contributed by atoms with Crippen molar-refractivity contribution in [2.24, 2.45) is 0 Å². The summed E-state index contributed by atoms with van der Waals surface area (Å²) in [5.41, 5.74) is 0.691. The van der Waals surface area contributed by atoms with Crippen molar-refractivity contribution in [2.75, 3.05) is 10.1 Å². The fourth-order valence-corrected chi connectivity index (χ4v) is 2.85. The number of anilines is 1. The third-order valence-electron chi connectivity index (χ3n) is 2.84. The molecule has 0 saturated heterocycles. The Morgan fingerprint density at radius 3 is 1.95 bits per heavy atom. The highest BCUT2D eigenvalue weighted by molar-refractivity contribution is 7.93. The Hall–Kier alpha value is -2.14. The molecule has 0 saturated carbocycles. The van der Waals surface area contributed by atoms with Gasteiger partial charge in [-0.2, -0.15) is 0 Å². The SMILES string of the molecule is CCS(=O)(=O)N(C(=O)c1ccccc1)c1ccccc1. The molecular weight excluding hydrogens is 274 g/mol. The zero-order chi connectivity index (χ0) is 14.6. The fraction of sp³-hybridized carbons (Fsp3) is 0.133. The molecule has 0 N–H and O–H groups in total. The Bertz CT molecular complexity index is 682. The lowest BCUT2D eigenvalue weighted by Crippen LogP contribution is -2.38. The topological polar surface area (TPSA) is 54.5 Å². The number of carbonyl (C=O) groups is 1. The van der Waals surface area contributed by atoms with Gasteiger partial charge in [-0.15, -0.1) is 0 Å². The minimum Gasteiger partial charge on any atom is -0.268 e. The Kier molecular flexibility index (Phi) is 4.20. The normalized spacial score (nSPS) is 11.1. The molecule has 2 rings (SSSR count). The number of nitrogens with zero attached hydrogens (tertiary/aromatic N) is 1. The van der Waals surface area contributed by atoms with E-state index < -0.39 is 15.9 Å². The molecule has 104 valence electrons. The molecule has 4 nitrogen and oxygen atoms in total. The second-order valence-corrected chi connectivity index (χ2v) is 6.28. The summed E-state index contributed by atoms with van der Waals surface area (Å²) in [6, 6.07) is 16.8. The molecule has 0 aromatic heterocycles. The minimum absolute atomic E-state index is 0.138. The maximum absolute atomic E-state index is 12.5. The summed E-state index contributed by atoms with van der Waals surface area (Å²) in [6.07, 6.45) is 0. The third kappa shape index (κ3) is 2.88. The van der Waals surface area contributed by atoms with Gasteiger partial charge in [0.2, 0.25) is 10.0 Å². The van der Waals surface area contributed by atoms with E-state index in [0.29, 0.717) is 11.3 Å². The molecule has 0 aliphatic carbocycles. The summed E-state index contributed by atoms with van der Waals surface area (Å²) in [6.45, 7) is 1.52. The number of benzene rings is 2. The van der Waals surface area contributed by atoms with Gasteiger partial charge in [0.05, 0.1) is 11.4 Å². The number of para-hydroxylation sites is 1. The molecule has 5 heteroatoms. The van der Waals surface area contributed by atoms with Crippen LogP contribution in [0.4, 0.5) is 5.69 Å². The highest BCUT2D eigenvalue weighted by atomic mass is 32.2. The van der Waals surface area contributed by atoms with Crippen molar-refractivity contribution in [1.82, 2.24) is 0 Å². The summed E-state index contributed by atoms with van der Waals surface area (Å²) < 4.78 is 25.3. The number of hydrogen-bond donors (Lipinski definition) is 0. The number of sulfonamides is 1. The van der Waals surface area contributed by atoms with Crippen LogP contribution >= 0.6 is 0 Å². The number of carbonyl (C=O) groups excluding carboxylic acids is 1. The van der Waals surface area contributed by atoms with Gasteiger partial charge in [-0.05, 0) is 31.2 Å². The number of rotatable bonds is 4. The van der Waals surface area contributed by atoms with Crippen LogP contribution in [0, 0.1) is 0 Å². The molecule has 20 heavy (non-hydrogen) atoms. The Labute approximate surface area is 118 Å². The summed E-state index contributed by atoms with van der Waals surface area (Å²) >= 11 is 0. The van der Waals surface area contributed by atoms with Crippen molar-refractivity contribution >= 4 is 21.6 Å².